The zero-order valence-electron chi connectivity index (χ0n) is 16.7. The Labute approximate surface area is 187 Å². The SMILES string of the molecule is O=C(c1ccc(Cl)cc1)n1nc(NCc2ccc(F)cc2)nc1NCc1ccc(F)cc1. The van der Waals surface area contributed by atoms with Gasteiger partial charge in [0.2, 0.25) is 11.9 Å². The van der Waals surface area contributed by atoms with Gasteiger partial charge in [0, 0.05) is 23.7 Å². The third kappa shape index (κ3) is 5.28. The molecule has 0 aliphatic rings. The summed E-state index contributed by atoms with van der Waals surface area (Å²) in [5.74, 6) is -0.612. The van der Waals surface area contributed by atoms with Gasteiger partial charge in [-0.3, -0.25) is 4.79 Å². The molecule has 0 bridgehead atoms. The van der Waals surface area contributed by atoms with Gasteiger partial charge in [0.15, 0.2) is 0 Å². The van der Waals surface area contributed by atoms with Crippen molar-refractivity contribution in [1.82, 2.24) is 14.8 Å². The normalized spacial score (nSPS) is 10.7. The van der Waals surface area contributed by atoms with Crippen molar-refractivity contribution in [2.75, 3.05) is 10.6 Å². The Morgan fingerprint density at radius 1 is 0.812 bits per heavy atom. The van der Waals surface area contributed by atoms with Gasteiger partial charge in [-0.05, 0) is 59.7 Å². The second-order valence-corrected chi connectivity index (χ2v) is 7.38. The fourth-order valence-electron chi connectivity index (χ4n) is 2.92. The Morgan fingerprint density at radius 2 is 1.34 bits per heavy atom. The number of rotatable bonds is 7. The number of nitrogens with zero attached hydrogens (tertiary/aromatic N) is 3. The minimum absolute atomic E-state index is 0.218. The Morgan fingerprint density at radius 3 is 1.91 bits per heavy atom. The van der Waals surface area contributed by atoms with Crippen LogP contribution in [0.25, 0.3) is 0 Å². The van der Waals surface area contributed by atoms with Crippen LogP contribution in [-0.2, 0) is 13.1 Å². The highest BCUT2D eigenvalue weighted by atomic mass is 35.5. The van der Waals surface area contributed by atoms with Crippen molar-refractivity contribution in [3.63, 3.8) is 0 Å². The lowest BCUT2D eigenvalue weighted by molar-refractivity contribution is 0.0947. The molecule has 6 nitrogen and oxygen atoms in total. The van der Waals surface area contributed by atoms with Gasteiger partial charge in [-0.1, -0.05) is 35.9 Å². The van der Waals surface area contributed by atoms with Gasteiger partial charge < -0.3 is 10.6 Å². The molecule has 4 rings (SSSR count). The van der Waals surface area contributed by atoms with E-state index in [0.717, 1.165) is 15.8 Å². The van der Waals surface area contributed by atoms with Crippen LogP contribution in [0.5, 0.6) is 0 Å². The van der Waals surface area contributed by atoms with E-state index >= 15 is 0 Å². The van der Waals surface area contributed by atoms with E-state index in [0.29, 0.717) is 23.7 Å². The molecule has 0 atom stereocenters. The molecule has 0 aliphatic carbocycles. The van der Waals surface area contributed by atoms with Crippen LogP contribution in [0.2, 0.25) is 5.02 Å². The van der Waals surface area contributed by atoms with Gasteiger partial charge in [0.05, 0.1) is 0 Å². The minimum Gasteiger partial charge on any atom is -0.350 e. The molecule has 162 valence electrons. The molecule has 2 N–H and O–H groups in total. The summed E-state index contributed by atoms with van der Waals surface area (Å²) < 4.78 is 27.4. The number of hydrogen-bond donors (Lipinski definition) is 2. The second-order valence-electron chi connectivity index (χ2n) is 6.94. The van der Waals surface area contributed by atoms with E-state index in [9.17, 15) is 13.6 Å². The van der Waals surface area contributed by atoms with Gasteiger partial charge in [0.25, 0.3) is 5.91 Å². The topological polar surface area (TPSA) is 71.8 Å². The summed E-state index contributed by atoms with van der Waals surface area (Å²) in [5, 5.41) is 10.9. The van der Waals surface area contributed by atoms with Crippen molar-refractivity contribution in [1.29, 1.82) is 0 Å². The molecule has 0 fully saturated rings. The van der Waals surface area contributed by atoms with Gasteiger partial charge in [0.1, 0.15) is 11.6 Å². The molecule has 0 aliphatic heterocycles. The molecule has 0 saturated heterocycles. The monoisotopic (exact) mass is 453 g/mol. The smallest absolute Gasteiger partial charge is 0.281 e. The van der Waals surface area contributed by atoms with Crippen LogP contribution in [0, 0.1) is 11.6 Å². The molecule has 0 unspecified atom stereocenters. The standard InChI is InChI=1S/C23H18ClF2N5O/c24-18-7-5-17(6-8-18)21(32)31-23(28-14-16-3-11-20(26)12-4-16)29-22(30-31)27-13-15-1-9-19(25)10-2-15/h1-12H,13-14H2,(H2,27,28,29,30). The Bertz CT molecular complexity index is 1210. The van der Waals surface area contributed by atoms with Crippen LogP contribution in [0.4, 0.5) is 20.7 Å². The average molecular weight is 454 g/mol. The third-order valence-electron chi connectivity index (χ3n) is 4.62. The van der Waals surface area contributed by atoms with Crippen molar-refractivity contribution in [3.8, 4) is 0 Å². The van der Waals surface area contributed by atoms with Crippen molar-refractivity contribution in [2.45, 2.75) is 13.1 Å². The van der Waals surface area contributed by atoms with E-state index in [-0.39, 0.29) is 23.5 Å². The first kappa shape index (κ1) is 21.5. The van der Waals surface area contributed by atoms with Crippen molar-refractivity contribution < 1.29 is 13.6 Å². The molecule has 0 spiro atoms. The molecule has 0 amide bonds. The van der Waals surface area contributed by atoms with E-state index in [2.05, 4.69) is 20.7 Å². The lowest BCUT2D eigenvalue weighted by Crippen LogP contribution is -2.17. The van der Waals surface area contributed by atoms with Crippen LogP contribution in [0.1, 0.15) is 21.5 Å². The summed E-state index contributed by atoms with van der Waals surface area (Å²) in [7, 11) is 0. The van der Waals surface area contributed by atoms with Gasteiger partial charge >= 0.3 is 0 Å². The molecule has 4 aromatic rings. The first-order chi connectivity index (χ1) is 15.5. The van der Waals surface area contributed by atoms with Crippen molar-refractivity contribution in [3.05, 3.63) is 106 Å². The molecular formula is C23H18ClF2N5O. The fourth-order valence-corrected chi connectivity index (χ4v) is 3.05. The molecule has 9 heteroatoms. The maximum absolute atomic E-state index is 13.2. The van der Waals surface area contributed by atoms with E-state index in [1.165, 1.54) is 24.3 Å². The number of hydrogen-bond acceptors (Lipinski definition) is 5. The summed E-state index contributed by atoms with van der Waals surface area (Å²) in [5.41, 5.74) is 2.02. The van der Waals surface area contributed by atoms with Crippen molar-refractivity contribution >= 4 is 29.4 Å². The summed E-state index contributed by atoms with van der Waals surface area (Å²) >= 11 is 5.92. The molecule has 32 heavy (non-hydrogen) atoms. The lowest BCUT2D eigenvalue weighted by atomic mass is 10.2. The predicted molar refractivity (Wildman–Crippen MR) is 119 cm³/mol. The van der Waals surface area contributed by atoms with E-state index in [1.54, 1.807) is 48.5 Å². The highest BCUT2D eigenvalue weighted by molar-refractivity contribution is 6.30. The number of nitrogens with one attached hydrogen (secondary N) is 2. The van der Waals surface area contributed by atoms with Crippen LogP contribution < -0.4 is 10.6 Å². The van der Waals surface area contributed by atoms with Crippen LogP contribution in [0.3, 0.4) is 0 Å². The van der Waals surface area contributed by atoms with E-state index in [1.807, 2.05) is 0 Å². The van der Waals surface area contributed by atoms with Crippen LogP contribution in [-0.4, -0.2) is 20.7 Å². The molecule has 0 saturated carbocycles. The molecule has 1 heterocycles. The van der Waals surface area contributed by atoms with Gasteiger partial charge in [-0.25, -0.2) is 8.78 Å². The number of carbonyl (C=O) groups is 1. The van der Waals surface area contributed by atoms with Gasteiger partial charge in [-0.2, -0.15) is 9.67 Å². The van der Waals surface area contributed by atoms with E-state index < -0.39 is 5.91 Å². The maximum atomic E-state index is 13.2. The number of carbonyl (C=O) groups excluding carboxylic acids is 1. The quantitative estimate of drug-likeness (QED) is 0.406. The number of halogens is 3. The Kier molecular flexibility index (Phi) is 6.42. The first-order valence-electron chi connectivity index (χ1n) is 9.72. The minimum atomic E-state index is -0.398. The first-order valence-corrected chi connectivity index (χ1v) is 10.1. The maximum Gasteiger partial charge on any atom is 0.281 e. The summed E-state index contributed by atoms with van der Waals surface area (Å²) in [6.07, 6.45) is 0. The Hall–Kier alpha value is -3.78. The Balaban J connectivity index is 1.56. The van der Waals surface area contributed by atoms with E-state index in [4.69, 9.17) is 11.6 Å². The van der Waals surface area contributed by atoms with Crippen LogP contribution >= 0.6 is 11.6 Å². The van der Waals surface area contributed by atoms with Crippen LogP contribution in [0.15, 0.2) is 72.8 Å². The average Bonchev–Trinajstić information content (AvgIpc) is 3.21. The number of benzene rings is 3. The molecular weight excluding hydrogens is 436 g/mol. The highest BCUT2D eigenvalue weighted by Gasteiger charge is 2.18. The molecule has 3 aromatic carbocycles. The van der Waals surface area contributed by atoms with Crippen molar-refractivity contribution in [2.24, 2.45) is 0 Å². The highest BCUT2D eigenvalue weighted by Crippen LogP contribution is 2.17. The zero-order chi connectivity index (χ0) is 22.5. The molecule has 1 aromatic heterocycles. The third-order valence-corrected chi connectivity index (χ3v) is 4.87. The zero-order valence-corrected chi connectivity index (χ0v) is 17.5. The van der Waals surface area contributed by atoms with Gasteiger partial charge in [-0.15, -0.1) is 5.10 Å². The molecule has 0 radical (unpaired) electrons. The summed E-state index contributed by atoms with van der Waals surface area (Å²) in [6.45, 7) is 0.654. The largest absolute Gasteiger partial charge is 0.350 e. The number of aromatic nitrogens is 3. The lowest BCUT2D eigenvalue weighted by Gasteiger charge is -2.07. The second kappa shape index (κ2) is 9.57. The number of anilines is 2. The predicted octanol–water partition coefficient (Wildman–Crippen LogP) is 5.12. The summed E-state index contributed by atoms with van der Waals surface area (Å²) in [4.78, 5) is 17.4. The fraction of sp³-hybridized carbons (Fsp3) is 0.0870. The summed E-state index contributed by atoms with van der Waals surface area (Å²) in [6, 6.07) is 18.4.